The van der Waals surface area contributed by atoms with E-state index in [4.69, 9.17) is 5.11 Å². The number of carboxylic acids is 1. The largest absolute Gasteiger partial charge is 0.477 e. The molecule has 0 radical (unpaired) electrons. The van der Waals surface area contributed by atoms with Crippen molar-refractivity contribution < 1.29 is 94.0 Å². The van der Waals surface area contributed by atoms with Crippen LogP contribution in [-0.2, 0) is 14.3 Å². The smallest absolute Gasteiger partial charge is 0.462 e. The number of ether oxygens (including phenoxy) is 2. The summed E-state index contributed by atoms with van der Waals surface area (Å²) >= 11 is 0. The highest BCUT2D eigenvalue weighted by molar-refractivity contribution is 5.76. The van der Waals surface area contributed by atoms with Crippen LogP contribution in [0.1, 0.15) is 0 Å². The van der Waals surface area contributed by atoms with Crippen LogP contribution in [0.2, 0.25) is 0 Å². The van der Waals surface area contributed by atoms with Gasteiger partial charge in [0.1, 0.15) is 0 Å². The summed E-state index contributed by atoms with van der Waals surface area (Å²) in [6, 6.07) is 0. The van der Waals surface area contributed by atoms with E-state index in [1.807, 2.05) is 0 Å². The molecule has 0 bridgehead atoms. The van der Waals surface area contributed by atoms with Crippen LogP contribution >= 0.6 is 0 Å². The molecule has 21 heteroatoms. The van der Waals surface area contributed by atoms with Crippen molar-refractivity contribution in [3.63, 3.8) is 0 Å². The predicted molar refractivity (Wildman–Crippen MR) is 50.5 cm³/mol. The molecule has 2 unspecified atom stereocenters. The number of rotatable bonds is 7. The number of halogens is 17. The Labute approximate surface area is 150 Å². The summed E-state index contributed by atoms with van der Waals surface area (Å²) in [5.74, 6) is -27.3. The van der Waals surface area contributed by atoms with Gasteiger partial charge in [-0.2, -0.15) is 74.6 Å². The lowest BCUT2D eigenvalue weighted by molar-refractivity contribution is -0.548. The van der Waals surface area contributed by atoms with E-state index >= 15 is 0 Å². The highest BCUT2D eigenvalue weighted by Gasteiger charge is 2.85. The Kier molecular flexibility index (Phi) is 6.70. The van der Waals surface area contributed by atoms with Gasteiger partial charge in [-0.15, -0.1) is 0 Å². The molecule has 0 aliphatic heterocycles. The summed E-state index contributed by atoms with van der Waals surface area (Å²) in [5.41, 5.74) is 0. The topological polar surface area (TPSA) is 55.8 Å². The molecular weight excluding hydrogens is 495 g/mol. The number of aliphatic carboxylic acids is 1. The molecule has 0 amide bonds. The van der Waals surface area contributed by atoms with Crippen molar-refractivity contribution in [2.24, 2.45) is 0 Å². The van der Waals surface area contributed by atoms with Crippen LogP contribution in [-0.4, -0.2) is 59.5 Å². The van der Waals surface area contributed by atoms with E-state index in [1.165, 1.54) is 9.47 Å². The molecule has 2 atom stereocenters. The minimum absolute atomic E-state index is 1.19. The molecule has 0 aromatic rings. The zero-order valence-corrected chi connectivity index (χ0v) is 12.6. The standard InChI is InChI=1S/C9HF17O4/c10-2(1(27)28,5(14,15)16)29-9(25,26)4(13,7(20,21)22)30-8(23,24)3(11,12)6(17,18)19/h(H,27,28). The van der Waals surface area contributed by atoms with Gasteiger partial charge >= 0.3 is 54.3 Å². The molecule has 0 aliphatic rings. The Balaban J connectivity index is 6.63. The Morgan fingerprint density at radius 1 is 0.533 bits per heavy atom. The Hall–Kier alpha value is -1.80. The quantitative estimate of drug-likeness (QED) is 0.508. The zero-order chi connectivity index (χ0) is 25.0. The molecule has 0 saturated heterocycles. The molecule has 0 fully saturated rings. The monoisotopic (exact) mass is 496 g/mol. The first kappa shape index (κ1) is 28.2. The highest BCUT2D eigenvalue weighted by Crippen LogP contribution is 2.56. The van der Waals surface area contributed by atoms with E-state index < -0.39 is 54.3 Å². The summed E-state index contributed by atoms with van der Waals surface area (Å²) in [7, 11) is 0. The third kappa shape index (κ3) is 4.44. The number of hydrogen-bond acceptors (Lipinski definition) is 3. The fraction of sp³-hybridized carbons (Fsp3) is 0.889. The summed E-state index contributed by atoms with van der Waals surface area (Å²) in [6.07, 6.45) is -38.8. The molecule has 0 aromatic heterocycles. The van der Waals surface area contributed by atoms with Crippen molar-refractivity contribution in [3.8, 4) is 0 Å². The molecule has 0 spiro atoms. The van der Waals surface area contributed by atoms with Crippen LogP contribution in [0.3, 0.4) is 0 Å². The summed E-state index contributed by atoms with van der Waals surface area (Å²) in [6.45, 7) is 0. The van der Waals surface area contributed by atoms with Crippen molar-refractivity contribution >= 4 is 5.97 Å². The van der Waals surface area contributed by atoms with E-state index in [2.05, 4.69) is 0 Å². The van der Waals surface area contributed by atoms with E-state index in [-0.39, 0.29) is 0 Å². The van der Waals surface area contributed by atoms with E-state index in [1.54, 1.807) is 0 Å². The van der Waals surface area contributed by atoms with Gasteiger partial charge in [0.25, 0.3) is 0 Å². The first-order valence-electron chi connectivity index (χ1n) is 5.96. The lowest BCUT2D eigenvalue weighted by Gasteiger charge is -2.39. The van der Waals surface area contributed by atoms with E-state index in [0.717, 1.165) is 0 Å². The molecule has 0 rings (SSSR count). The first-order valence-corrected chi connectivity index (χ1v) is 5.96. The second kappa shape index (κ2) is 7.12. The molecule has 1 N–H and O–H groups in total. The molecule has 180 valence electrons. The van der Waals surface area contributed by atoms with Gasteiger partial charge in [0, 0.05) is 0 Å². The molecule has 4 nitrogen and oxygen atoms in total. The number of alkyl halides is 17. The lowest BCUT2D eigenvalue weighted by atomic mass is 10.2. The molecule has 0 saturated carbocycles. The third-order valence-corrected chi connectivity index (χ3v) is 2.64. The van der Waals surface area contributed by atoms with Gasteiger partial charge in [0.15, 0.2) is 0 Å². The Morgan fingerprint density at radius 3 is 1.13 bits per heavy atom. The van der Waals surface area contributed by atoms with Crippen molar-refractivity contribution in [1.82, 2.24) is 0 Å². The first-order chi connectivity index (χ1) is 12.6. The Morgan fingerprint density at radius 2 is 0.900 bits per heavy atom. The summed E-state index contributed by atoms with van der Waals surface area (Å²) in [4.78, 5) is 10.1. The average Bonchev–Trinajstić information content (AvgIpc) is 2.41. The maximum absolute atomic E-state index is 13.5. The van der Waals surface area contributed by atoms with Crippen molar-refractivity contribution in [3.05, 3.63) is 0 Å². The van der Waals surface area contributed by atoms with Crippen molar-refractivity contribution in [2.75, 3.05) is 0 Å². The second-order valence-electron chi connectivity index (χ2n) is 4.80. The maximum Gasteiger partial charge on any atom is 0.462 e. The minimum atomic E-state index is -8.09. The van der Waals surface area contributed by atoms with Crippen molar-refractivity contribution in [2.45, 2.75) is 48.4 Å². The third-order valence-electron chi connectivity index (χ3n) is 2.64. The van der Waals surface area contributed by atoms with Gasteiger partial charge in [-0.3, -0.25) is 9.47 Å². The molecule has 0 aromatic carbocycles. The Bertz CT molecular complexity index is 647. The number of carboxylic acid groups (broad SMARTS) is 1. The maximum atomic E-state index is 13.5. The van der Waals surface area contributed by atoms with Crippen LogP contribution in [0.4, 0.5) is 74.6 Å². The fourth-order valence-electron chi connectivity index (χ4n) is 1.15. The predicted octanol–water partition coefficient (Wildman–Crippen LogP) is 4.94. The van der Waals surface area contributed by atoms with Gasteiger partial charge in [-0.05, 0) is 0 Å². The van der Waals surface area contributed by atoms with Crippen molar-refractivity contribution in [1.29, 1.82) is 0 Å². The van der Waals surface area contributed by atoms with E-state index in [9.17, 15) is 79.4 Å². The molecule has 30 heavy (non-hydrogen) atoms. The van der Waals surface area contributed by atoms with Gasteiger partial charge < -0.3 is 5.11 Å². The summed E-state index contributed by atoms with van der Waals surface area (Å²) in [5, 5.41) is 7.85. The van der Waals surface area contributed by atoms with Crippen LogP contribution in [0, 0.1) is 0 Å². The van der Waals surface area contributed by atoms with Gasteiger partial charge in [-0.1, -0.05) is 0 Å². The normalized spacial score (nSPS) is 19.2. The SMILES string of the molecule is O=C(O)C(F)(OC(F)(F)C(F)(OC(F)(F)C(F)(F)C(F)(F)F)C(F)(F)F)C(F)(F)F. The van der Waals surface area contributed by atoms with Gasteiger partial charge in [0.2, 0.25) is 0 Å². The van der Waals surface area contributed by atoms with Crippen LogP contribution < -0.4 is 0 Å². The molecule has 0 heterocycles. The van der Waals surface area contributed by atoms with E-state index in [0.29, 0.717) is 0 Å². The summed E-state index contributed by atoms with van der Waals surface area (Å²) < 4.78 is 216. The molecule has 0 aliphatic carbocycles. The van der Waals surface area contributed by atoms with Crippen LogP contribution in [0.15, 0.2) is 0 Å². The average molecular weight is 496 g/mol. The van der Waals surface area contributed by atoms with Crippen LogP contribution in [0.5, 0.6) is 0 Å². The highest BCUT2D eigenvalue weighted by atomic mass is 19.4. The second-order valence-corrected chi connectivity index (χ2v) is 4.80. The fourth-order valence-corrected chi connectivity index (χ4v) is 1.15. The van der Waals surface area contributed by atoms with Gasteiger partial charge in [-0.25, -0.2) is 4.79 Å². The van der Waals surface area contributed by atoms with Crippen LogP contribution in [0.25, 0.3) is 0 Å². The van der Waals surface area contributed by atoms with Gasteiger partial charge in [0.05, 0.1) is 0 Å². The minimum Gasteiger partial charge on any atom is -0.477 e. The lowest BCUT2D eigenvalue weighted by Crippen LogP contribution is -2.68. The molecular formula is C9HF17O4. The number of carbonyl (C=O) groups is 1. The number of hydrogen-bond donors (Lipinski definition) is 1. The zero-order valence-electron chi connectivity index (χ0n) is 12.6.